The van der Waals surface area contributed by atoms with Gasteiger partial charge in [-0.2, -0.15) is 0 Å². The monoisotopic (exact) mass is 329 g/mol. The Bertz CT molecular complexity index is 700. The first-order valence-electron chi connectivity index (χ1n) is 7.70. The van der Waals surface area contributed by atoms with Crippen LogP contribution in [-0.4, -0.2) is 34.3 Å². The average Bonchev–Trinajstić information content (AvgIpc) is 2.64. The van der Waals surface area contributed by atoms with Crippen molar-refractivity contribution in [3.63, 3.8) is 0 Å². The summed E-state index contributed by atoms with van der Waals surface area (Å²) < 4.78 is 15.7. The number of carbonyl (C=O) groups is 1. The van der Waals surface area contributed by atoms with Gasteiger partial charge in [0.1, 0.15) is 5.75 Å². The van der Waals surface area contributed by atoms with Crippen molar-refractivity contribution < 1.29 is 19.0 Å². The molecule has 1 amide bonds. The number of nitrogens with zero attached hydrogens (tertiary/aromatic N) is 1. The van der Waals surface area contributed by atoms with Crippen LogP contribution >= 0.6 is 0 Å². The Morgan fingerprint density at radius 3 is 2.38 bits per heavy atom. The summed E-state index contributed by atoms with van der Waals surface area (Å²) in [5.41, 5.74) is 1.84. The first-order chi connectivity index (χ1) is 11.6. The Morgan fingerprint density at radius 2 is 1.71 bits per heavy atom. The zero-order valence-corrected chi connectivity index (χ0v) is 14.5. The third kappa shape index (κ3) is 4.19. The van der Waals surface area contributed by atoms with Crippen molar-refractivity contribution in [2.24, 2.45) is 0 Å². The van der Waals surface area contributed by atoms with Crippen molar-refractivity contribution in [3.05, 3.63) is 48.0 Å². The van der Waals surface area contributed by atoms with E-state index in [2.05, 4.69) is 0 Å². The number of amides is 1. The topological polar surface area (TPSA) is 48.0 Å². The van der Waals surface area contributed by atoms with Gasteiger partial charge in [0, 0.05) is 25.2 Å². The highest BCUT2D eigenvalue weighted by atomic mass is 16.5. The Labute approximate surface area is 142 Å². The zero-order chi connectivity index (χ0) is 17.5. The fourth-order valence-corrected chi connectivity index (χ4v) is 2.42. The molecular weight excluding hydrogens is 306 g/mol. The molecule has 2 rings (SSSR count). The standard InChI is InChI=1S/C19H23NO4/c1-20(15-9-10-17(23-3)18(13-15)24-4)19(21)11-8-14-6-5-7-16(12-14)22-2/h5-7,9-10,12-13H,8,11H2,1-4H3. The van der Waals surface area contributed by atoms with E-state index in [1.165, 1.54) is 0 Å². The Balaban J connectivity index is 2.03. The second-order valence-electron chi connectivity index (χ2n) is 5.34. The van der Waals surface area contributed by atoms with Crippen LogP contribution in [0.2, 0.25) is 0 Å². The van der Waals surface area contributed by atoms with E-state index in [9.17, 15) is 4.79 Å². The second-order valence-corrected chi connectivity index (χ2v) is 5.34. The van der Waals surface area contributed by atoms with Crippen LogP contribution in [0, 0.1) is 0 Å². The highest BCUT2D eigenvalue weighted by Gasteiger charge is 2.14. The SMILES string of the molecule is COc1cccc(CCC(=O)N(C)c2ccc(OC)c(OC)c2)c1. The smallest absolute Gasteiger partial charge is 0.227 e. The van der Waals surface area contributed by atoms with Crippen molar-refractivity contribution in [2.75, 3.05) is 33.3 Å². The van der Waals surface area contributed by atoms with Crippen LogP contribution in [0.1, 0.15) is 12.0 Å². The van der Waals surface area contributed by atoms with Crippen LogP contribution in [0.5, 0.6) is 17.2 Å². The third-order valence-corrected chi connectivity index (χ3v) is 3.89. The molecule has 2 aromatic carbocycles. The van der Waals surface area contributed by atoms with Crippen LogP contribution in [0.15, 0.2) is 42.5 Å². The van der Waals surface area contributed by atoms with Gasteiger partial charge in [0.15, 0.2) is 11.5 Å². The van der Waals surface area contributed by atoms with Gasteiger partial charge in [-0.05, 0) is 36.2 Å². The van der Waals surface area contributed by atoms with Crippen molar-refractivity contribution in [2.45, 2.75) is 12.8 Å². The number of anilines is 1. The van der Waals surface area contributed by atoms with Crippen LogP contribution in [-0.2, 0) is 11.2 Å². The van der Waals surface area contributed by atoms with Gasteiger partial charge < -0.3 is 19.1 Å². The van der Waals surface area contributed by atoms with Gasteiger partial charge in [-0.3, -0.25) is 4.79 Å². The zero-order valence-electron chi connectivity index (χ0n) is 14.5. The summed E-state index contributed by atoms with van der Waals surface area (Å²) in [6.45, 7) is 0. The molecule has 0 bridgehead atoms. The minimum Gasteiger partial charge on any atom is -0.497 e. The van der Waals surface area contributed by atoms with E-state index in [0.717, 1.165) is 17.0 Å². The first-order valence-corrected chi connectivity index (χ1v) is 7.70. The van der Waals surface area contributed by atoms with E-state index in [-0.39, 0.29) is 5.91 Å². The lowest BCUT2D eigenvalue weighted by Crippen LogP contribution is -2.26. The Kier molecular flexibility index (Phi) is 6.07. The normalized spacial score (nSPS) is 10.2. The quantitative estimate of drug-likeness (QED) is 0.782. The highest BCUT2D eigenvalue weighted by Crippen LogP contribution is 2.31. The molecule has 24 heavy (non-hydrogen) atoms. The molecule has 0 aliphatic carbocycles. The second kappa shape index (κ2) is 8.24. The van der Waals surface area contributed by atoms with Crippen LogP contribution in [0.3, 0.4) is 0 Å². The van der Waals surface area contributed by atoms with E-state index < -0.39 is 0 Å². The molecule has 0 aliphatic heterocycles. The number of hydrogen-bond acceptors (Lipinski definition) is 4. The molecule has 5 heteroatoms. The molecule has 5 nitrogen and oxygen atoms in total. The summed E-state index contributed by atoms with van der Waals surface area (Å²) in [5, 5.41) is 0. The molecule has 0 aliphatic rings. The summed E-state index contributed by atoms with van der Waals surface area (Å²) in [6.07, 6.45) is 1.08. The van der Waals surface area contributed by atoms with Gasteiger partial charge in [-0.1, -0.05) is 12.1 Å². The molecule has 0 saturated heterocycles. The minimum atomic E-state index is 0.0324. The fourth-order valence-electron chi connectivity index (χ4n) is 2.42. The van der Waals surface area contributed by atoms with E-state index >= 15 is 0 Å². The van der Waals surface area contributed by atoms with Gasteiger partial charge in [-0.25, -0.2) is 0 Å². The lowest BCUT2D eigenvalue weighted by atomic mass is 10.1. The summed E-state index contributed by atoms with van der Waals surface area (Å²) >= 11 is 0. The molecule has 0 spiro atoms. The summed E-state index contributed by atoms with van der Waals surface area (Å²) in [6, 6.07) is 13.2. The molecule has 0 saturated carbocycles. The van der Waals surface area contributed by atoms with E-state index in [1.807, 2.05) is 30.3 Å². The van der Waals surface area contributed by atoms with Gasteiger partial charge in [-0.15, -0.1) is 0 Å². The molecule has 0 N–H and O–H groups in total. The molecule has 0 unspecified atom stereocenters. The largest absolute Gasteiger partial charge is 0.497 e. The summed E-state index contributed by atoms with van der Waals surface area (Å²) in [5.74, 6) is 2.07. The number of methoxy groups -OCH3 is 3. The molecule has 0 aromatic heterocycles. The third-order valence-electron chi connectivity index (χ3n) is 3.89. The van der Waals surface area contributed by atoms with Crippen molar-refractivity contribution >= 4 is 11.6 Å². The van der Waals surface area contributed by atoms with Gasteiger partial charge >= 0.3 is 0 Å². The fraction of sp³-hybridized carbons (Fsp3) is 0.316. The van der Waals surface area contributed by atoms with Crippen LogP contribution < -0.4 is 19.1 Å². The van der Waals surface area contributed by atoms with Crippen LogP contribution in [0.25, 0.3) is 0 Å². The highest BCUT2D eigenvalue weighted by molar-refractivity contribution is 5.93. The number of carbonyl (C=O) groups excluding carboxylic acids is 1. The van der Waals surface area contributed by atoms with Gasteiger partial charge in [0.25, 0.3) is 0 Å². The number of rotatable bonds is 7. The first kappa shape index (κ1) is 17.7. The number of ether oxygens (including phenoxy) is 3. The maximum atomic E-state index is 12.4. The lowest BCUT2D eigenvalue weighted by molar-refractivity contribution is -0.118. The molecule has 0 fully saturated rings. The summed E-state index contributed by atoms with van der Waals surface area (Å²) in [7, 11) is 6.55. The molecule has 0 radical (unpaired) electrons. The van der Waals surface area contributed by atoms with Gasteiger partial charge in [0.05, 0.1) is 21.3 Å². The molecule has 0 heterocycles. The summed E-state index contributed by atoms with van der Waals surface area (Å²) in [4.78, 5) is 14.1. The Morgan fingerprint density at radius 1 is 0.958 bits per heavy atom. The minimum absolute atomic E-state index is 0.0324. The van der Waals surface area contributed by atoms with Crippen molar-refractivity contribution in [1.82, 2.24) is 0 Å². The van der Waals surface area contributed by atoms with E-state index in [1.54, 1.807) is 45.4 Å². The van der Waals surface area contributed by atoms with Crippen molar-refractivity contribution in [3.8, 4) is 17.2 Å². The van der Waals surface area contributed by atoms with E-state index in [4.69, 9.17) is 14.2 Å². The lowest BCUT2D eigenvalue weighted by Gasteiger charge is -2.19. The van der Waals surface area contributed by atoms with Gasteiger partial charge in [0.2, 0.25) is 5.91 Å². The van der Waals surface area contributed by atoms with Crippen molar-refractivity contribution in [1.29, 1.82) is 0 Å². The predicted molar refractivity (Wildman–Crippen MR) is 94.3 cm³/mol. The van der Waals surface area contributed by atoms with E-state index in [0.29, 0.717) is 24.3 Å². The molecular formula is C19H23NO4. The number of aryl methyl sites for hydroxylation is 1. The number of hydrogen-bond donors (Lipinski definition) is 0. The molecule has 2 aromatic rings. The van der Waals surface area contributed by atoms with Crippen LogP contribution in [0.4, 0.5) is 5.69 Å². The molecule has 0 atom stereocenters. The number of benzene rings is 2. The Hall–Kier alpha value is -2.69. The average molecular weight is 329 g/mol. The predicted octanol–water partition coefficient (Wildman–Crippen LogP) is 3.31. The maximum absolute atomic E-state index is 12.4. The molecule has 128 valence electrons. The maximum Gasteiger partial charge on any atom is 0.227 e.